The molecule has 1 amide bonds. The molecule has 1 aromatic rings. The van der Waals surface area contributed by atoms with Crippen molar-refractivity contribution in [2.45, 2.75) is 32.7 Å². The Hall–Kier alpha value is -1.35. The number of amides is 1. The summed E-state index contributed by atoms with van der Waals surface area (Å²) < 4.78 is 0. The van der Waals surface area contributed by atoms with Crippen molar-refractivity contribution >= 4 is 5.91 Å². The molecule has 0 aliphatic carbocycles. The van der Waals surface area contributed by atoms with Crippen LogP contribution in [-0.4, -0.2) is 30.4 Å². The molecule has 0 saturated carbocycles. The maximum atomic E-state index is 12.1. The number of hydrogen-bond donors (Lipinski definition) is 1. The molecular weight excluding hydrogens is 236 g/mol. The molecular formula is C16H24N2O. The minimum Gasteiger partial charge on any atom is -0.342 e. The summed E-state index contributed by atoms with van der Waals surface area (Å²) in [6, 6.07) is 10.5. The number of likely N-dealkylation sites (tertiary alicyclic amines) is 1. The van der Waals surface area contributed by atoms with Gasteiger partial charge >= 0.3 is 0 Å². The first-order chi connectivity index (χ1) is 9.16. The fraction of sp³-hybridized carbons (Fsp3) is 0.562. The first kappa shape index (κ1) is 14.1. The third-order valence-electron chi connectivity index (χ3n) is 4.00. The maximum Gasteiger partial charge on any atom is 0.236 e. The van der Waals surface area contributed by atoms with Gasteiger partial charge in [0.15, 0.2) is 0 Å². The Balaban J connectivity index is 1.77. The molecule has 1 aliphatic rings. The van der Waals surface area contributed by atoms with Crippen LogP contribution in [0, 0.1) is 5.92 Å². The zero-order valence-corrected chi connectivity index (χ0v) is 11.9. The van der Waals surface area contributed by atoms with E-state index in [-0.39, 0.29) is 11.9 Å². The standard InChI is InChI=1S/C16H24N2O/c1-13-8-10-18(11-9-13)16(19)12-17-14(2)15-6-4-3-5-7-15/h3-7,13-14,17H,8-12H2,1-2H3. The number of benzene rings is 1. The smallest absolute Gasteiger partial charge is 0.236 e. The zero-order chi connectivity index (χ0) is 13.7. The normalized spacial score (nSPS) is 18.3. The van der Waals surface area contributed by atoms with Gasteiger partial charge in [0.05, 0.1) is 6.54 Å². The average molecular weight is 260 g/mol. The van der Waals surface area contributed by atoms with Crippen LogP contribution in [0.2, 0.25) is 0 Å². The monoisotopic (exact) mass is 260 g/mol. The van der Waals surface area contributed by atoms with Gasteiger partial charge in [0.2, 0.25) is 5.91 Å². The lowest BCUT2D eigenvalue weighted by molar-refractivity contribution is -0.131. The second-order valence-corrected chi connectivity index (χ2v) is 5.58. The zero-order valence-electron chi connectivity index (χ0n) is 11.9. The fourth-order valence-corrected chi connectivity index (χ4v) is 2.47. The second-order valence-electron chi connectivity index (χ2n) is 5.58. The average Bonchev–Trinajstić information content (AvgIpc) is 2.46. The van der Waals surface area contributed by atoms with Crippen LogP contribution in [-0.2, 0) is 4.79 Å². The maximum absolute atomic E-state index is 12.1. The van der Waals surface area contributed by atoms with Gasteiger partial charge in [0.25, 0.3) is 0 Å². The summed E-state index contributed by atoms with van der Waals surface area (Å²) in [4.78, 5) is 14.1. The van der Waals surface area contributed by atoms with Crippen LogP contribution in [0.4, 0.5) is 0 Å². The molecule has 1 saturated heterocycles. The number of piperidine rings is 1. The van der Waals surface area contributed by atoms with Gasteiger partial charge < -0.3 is 10.2 Å². The van der Waals surface area contributed by atoms with Gasteiger partial charge in [0.1, 0.15) is 0 Å². The predicted octanol–water partition coefficient (Wildman–Crippen LogP) is 2.60. The molecule has 1 unspecified atom stereocenters. The van der Waals surface area contributed by atoms with E-state index in [9.17, 15) is 4.79 Å². The van der Waals surface area contributed by atoms with Crippen LogP contribution in [0.15, 0.2) is 30.3 Å². The van der Waals surface area contributed by atoms with Gasteiger partial charge in [-0.15, -0.1) is 0 Å². The highest BCUT2D eigenvalue weighted by Crippen LogP contribution is 2.16. The highest BCUT2D eigenvalue weighted by atomic mass is 16.2. The predicted molar refractivity (Wildman–Crippen MR) is 77.8 cm³/mol. The van der Waals surface area contributed by atoms with E-state index >= 15 is 0 Å². The van der Waals surface area contributed by atoms with Crippen LogP contribution in [0.25, 0.3) is 0 Å². The van der Waals surface area contributed by atoms with E-state index < -0.39 is 0 Å². The molecule has 1 aliphatic heterocycles. The second kappa shape index (κ2) is 6.71. The van der Waals surface area contributed by atoms with Gasteiger partial charge in [-0.05, 0) is 31.2 Å². The number of hydrogen-bond acceptors (Lipinski definition) is 2. The molecule has 104 valence electrons. The number of nitrogens with zero attached hydrogens (tertiary/aromatic N) is 1. The summed E-state index contributed by atoms with van der Waals surface area (Å²) >= 11 is 0. The van der Waals surface area contributed by atoms with E-state index in [0.717, 1.165) is 31.8 Å². The molecule has 1 fully saturated rings. The molecule has 0 aromatic heterocycles. The molecule has 0 bridgehead atoms. The van der Waals surface area contributed by atoms with Gasteiger partial charge in [0, 0.05) is 19.1 Å². The van der Waals surface area contributed by atoms with Crippen molar-refractivity contribution in [2.24, 2.45) is 5.92 Å². The fourth-order valence-electron chi connectivity index (χ4n) is 2.47. The summed E-state index contributed by atoms with van der Waals surface area (Å²) in [5, 5.41) is 3.32. The van der Waals surface area contributed by atoms with Crippen molar-refractivity contribution in [1.82, 2.24) is 10.2 Å². The molecule has 0 radical (unpaired) electrons. The van der Waals surface area contributed by atoms with Crippen LogP contribution in [0.3, 0.4) is 0 Å². The van der Waals surface area contributed by atoms with Crippen LogP contribution in [0.1, 0.15) is 38.3 Å². The molecule has 1 atom stereocenters. The minimum absolute atomic E-state index is 0.217. The van der Waals surface area contributed by atoms with Crippen LogP contribution in [0.5, 0.6) is 0 Å². The van der Waals surface area contributed by atoms with E-state index in [0.29, 0.717) is 6.54 Å². The molecule has 2 rings (SSSR count). The van der Waals surface area contributed by atoms with Crippen molar-refractivity contribution < 1.29 is 4.79 Å². The lowest BCUT2D eigenvalue weighted by Gasteiger charge is -2.30. The Morgan fingerprint density at radius 2 is 1.95 bits per heavy atom. The Morgan fingerprint density at radius 1 is 1.32 bits per heavy atom. The lowest BCUT2D eigenvalue weighted by Crippen LogP contribution is -2.43. The van der Waals surface area contributed by atoms with E-state index in [1.807, 2.05) is 23.1 Å². The summed E-state index contributed by atoms with van der Waals surface area (Å²) in [6.45, 7) is 6.63. The molecule has 1 aromatic carbocycles. The molecule has 3 nitrogen and oxygen atoms in total. The Bertz CT molecular complexity index is 396. The largest absolute Gasteiger partial charge is 0.342 e. The molecule has 19 heavy (non-hydrogen) atoms. The highest BCUT2D eigenvalue weighted by molar-refractivity contribution is 5.78. The van der Waals surface area contributed by atoms with Crippen molar-refractivity contribution in [3.8, 4) is 0 Å². The molecule has 1 heterocycles. The summed E-state index contributed by atoms with van der Waals surface area (Å²) in [6.07, 6.45) is 2.28. The Labute approximate surface area is 116 Å². The van der Waals surface area contributed by atoms with Crippen molar-refractivity contribution in [1.29, 1.82) is 0 Å². The quantitative estimate of drug-likeness (QED) is 0.902. The van der Waals surface area contributed by atoms with E-state index in [4.69, 9.17) is 0 Å². The SMILES string of the molecule is CC1CCN(C(=O)CNC(C)c2ccccc2)CC1. The minimum atomic E-state index is 0.217. The summed E-state index contributed by atoms with van der Waals surface area (Å²) in [7, 11) is 0. The van der Waals surface area contributed by atoms with E-state index in [1.54, 1.807) is 0 Å². The van der Waals surface area contributed by atoms with Gasteiger partial charge in [-0.3, -0.25) is 4.79 Å². The van der Waals surface area contributed by atoms with E-state index in [2.05, 4.69) is 31.3 Å². The number of carbonyl (C=O) groups is 1. The summed E-state index contributed by atoms with van der Waals surface area (Å²) in [5.41, 5.74) is 1.22. The van der Waals surface area contributed by atoms with Gasteiger partial charge in [-0.1, -0.05) is 37.3 Å². The lowest BCUT2D eigenvalue weighted by atomic mass is 9.99. The molecule has 1 N–H and O–H groups in total. The Morgan fingerprint density at radius 3 is 2.58 bits per heavy atom. The third kappa shape index (κ3) is 4.06. The van der Waals surface area contributed by atoms with Crippen LogP contribution < -0.4 is 5.32 Å². The summed E-state index contributed by atoms with van der Waals surface area (Å²) in [5.74, 6) is 0.995. The number of rotatable bonds is 4. The van der Waals surface area contributed by atoms with Gasteiger partial charge in [-0.2, -0.15) is 0 Å². The number of carbonyl (C=O) groups excluding carboxylic acids is 1. The first-order valence-corrected chi connectivity index (χ1v) is 7.23. The molecule has 3 heteroatoms. The first-order valence-electron chi connectivity index (χ1n) is 7.23. The van der Waals surface area contributed by atoms with Crippen molar-refractivity contribution in [3.05, 3.63) is 35.9 Å². The third-order valence-corrected chi connectivity index (χ3v) is 4.00. The number of nitrogens with one attached hydrogen (secondary N) is 1. The van der Waals surface area contributed by atoms with Gasteiger partial charge in [-0.25, -0.2) is 0 Å². The van der Waals surface area contributed by atoms with Crippen molar-refractivity contribution in [2.75, 3.05) is 19.6 Å². The van der Waals surface area contributed by atoms with Crippen molar-refractivity contribution in [3.63, 3.8) is 0 Å². The highest BCUT2D eigenvalue weighted by Gasteiger charge is 2.20. The van der Waals surface area contributed by atoms with E-state index in [1.165, 1.54) is 5.56 Å². The molecule has 0 spiro atoms. The Kier molecular flexibility index (Phi) is 4.97. The van der Waals surface area contributed by atoms with Crippen LogP contribution >= 0.6 is 0 Å². The topological polar surface area (TPSA) is 32.3 Å².